The van der Waals surface area contributed by atoms with Crippen LogP contribution in [0, 0.1) is 5.92 Å². The third-order valence-electron chi connectivity index (χ3n) is 3.82. The maximum Gasteiger partial charge on any atom is 0.138 e. The summed E-state index contributed by atoms with van der Waals surface area (Å²) in [6.07, 6.45) is 4.89. The summed E-state index contributed by atoms with van der Waals surface area (Å²) < 4.78 is 2.04. The third kappa shape index (κ3) is 2.46. The Bertz CT molecular complexity index is 564. The molecule has 2 atom stereocenters. The van der Waals surface area contributed by atoms with Crippen LogP contribution in [0.4, 0.5) is 0 Å². The van der Waals surface area contributed by atoms with E-state index in [1.54, 1.807) is 6.33 Å². The number of hydrogen-bond acceptors (Lipinski definition) is 2. The maximum atomic E-state index is 4.43. The lowest BCUT2D eigenvalue weighted by atomic mass is 10.0. The second-order valence-electron chi connectivity index (χ2n) is 5.17. The van der Waals surface area contributed by atoms with Crippen molar-refractivity contribution in [2.75, 3.05) is 0 Å². The highest BCUT2D eigenvalue weighted by molar-refractivity contribution is 9.09. The van der Waals surface area contributed by atoms with Gasteiger partial charge in [0.1, 0.15) is 12.2 Å². The summed E-state index contributed by atoms with van der Waals surface area (Å²) in [4.78, 5) is 4.87. The van der Waals surface area contributed by atoms with Gasteiger partial charge in [0.15, 0.2) is 0 Å². The van der Waals surface area contributed by atoms with E-state index in [1.807, 2.05) is 4.68 Å². The zero-order valence-electron chi connectivity index (χ0n) is 11.1. The molecule has 1 heterocycles. The van der Waals surface area contributed by atoms with E-state index in [4.69, 9.17) is 0 Å². The van der Waals surface area contributed by atoms with Crippen molar-refractivity contribution in [3.05, 3.63) is 47.5 Å². The van der Waals surface area contributed by atoms with E-state index in [9.17, 15) is 0 Å². The molecule has 0 aliphatic heterocycles. The Morgan fingerprint density at radius 2 is 2.21 bits per heavy atom. The smallest absolute Gasteiger partial charge is 0.138 e. The normalized spacial score (nSPS) is 21.6. The van der Waals surface area contributed by atoms with Crippen molar-refractivity contribution in [3.8, 4) is 0 Å². The predicted molar refractivity (Wildman–Crippen MR) is 79.3 cm³/mol. The Balaban J connectivity index is 1.77. The van der Waals surface area contributed by atoms with Crippen LogP contribution < -0.4 is 0 Å². The molecular formula is C15H18BrN3. The van der Waals surface area contributed by atoms with Crippen LogP contribution >= 0.6 is 15.9 Å². The summed E-state index contributed by atoms with van der Waals surface area (Å²) in [5, 5.41) is 4.31. The van der Waals surface area contributed by atoms with Crippen LogP contribution in [-0.4, -0.2) is 14.8 Å². The minimum atomic E-state index is 0.440. The molecule has 0 saturated heterocycles. The summed E-state index contributed by atoms with van der Waals surface area (Å²) in [6, 6.07) is 8.71. The molecule has 1 aromatic carbocycles. The highest BCUT2D eigenvalue weighted by Gasteiger charge is 2.31. The molecule has 3 rings (SSSR count). The minimum absolute atomic E-state index is 0.440. The highest BCUT2D eigenvalue weighted by atomic mass is 79.9. The van der Waals surface area contributed by atoms with Gasteiger partial charge in [-0.1, -0.05) is 47.1 Å². The first kappa shape index (κ1) is 12.9. The Morgan fingerprint density at radius 1 is 1.37 bits per heavy atom. The van der Waals surface area contributed by atoms with Crippen LogP contribution in [0.15, 0.2) is 30.6 Å². The van der Waals surface area contributed by atoms with Crippen LogP contribution in [0.2, 0.25) is 0 Å². The number of rotatable bonds is 4. The van der Waals surface area contributed by atoms with Crippen molar-refractivity contribution in [2.24, 2.45) is 5.92 Å². The van der Waals surface area contributed by atoms with Gasteiger partial charge in [0.05, 0.1) is 0 Å². The molecule has 1 aromatic heterocycles. The van der Waals surface area contributed by atoms with Gasteiger partial charge >= 0.3 is 0 Å². The van der Waals surface area contributed by atoms with Gasteiger partial charge in [0.25, 0.3) is 0 Å². The molecule has 4 heteroatoms. The molecule has 100 valence electrons. The summed E-state index contributed by atoms with van der Waals surface area (Å²) >= 11 is 3.86. The predicted octanol–water partition coefficient (Wildman–Crippen LogP) is 3.54. The Hall–Kier alpha value is -1.16. The summed E-state index contributed by atoms with van der Waals surface area (Å²) in [6.45, 7) is 3.13. The average molecular weight is 320 g/mol. The Morgan fingerprint density at radius 3 is 3.00 bits per heavy atom. The van der Waals surface area contributed by atoms with E-state index in [1.165, 1.54) is 11.1 Å². The number of aryl methyl sites for hydroxylation is 1. The Kier molecular flexibility index (Phi) is 3.69. The summed E-state index contributed by atoms with van der Waals surface area (Å²) in [7, 11) is 0. The van der Waals surface area contributed by atoms with Crippen LogP contribution in [-0.2, 0) is 19.4 Å². The van der Waals surface area contributed by atoms with E-state index in [2.05, 4.69) is 57.2 Å². The molecule has 19 heavy (non-hydrogen) atoms. The Labute approximate surface area is 122 Å². The van der Waals surface area contributed by atoms with Crippen molar-refractivity contribution in [2.45, 2.75) is 37.6 Å². The zero-order chi connectivity index (χ0) is 13.2. The highest BCUT2D eigenvalue weighted by Crippen LogP contribution is 2.43. The minimum Gasteiger partial charge on any atom is -0.250 e. The van der Waals surface area contributed by atoms with Crippen LogP contribution in [0.3, 0.4) is 0 Å². The molecule has 3 nitrogen and oxygen atoms in total. The van der Waals surface area contributed by atoms with Crippen LogP contribution in [0.25, 0.3) is 0 Å². The van der Waals surface area contributed by atoms with E-state index in [-0.39, 0.29) is 0 Å². The summed E-state index contributed by atoms with van der Waals surface area (Å²) in [5.74, 6) is 1.70. The molecule has 1 aliphatic carbocycles. The lowest BCUT2D eigenvalue weighted by Gasteiger charge is -2.14. The second-order valence-corrected chi connectivity index (χ2v) is 6.15. The van der Waals surface area contributed by atoms with Crippen molar-refractivity contribution in [3.63, 3.8) is 0 Å². The second kappa shape index (κ2) is 5.45. The number of nitrogens with zero attached hydrogens (tertiary/aromatic N) is 3. The maximum absolute atomic E-state index is 4.43. The first-order valence-electron chi connectivity index (χ1n) is 6.88. The SMILES string of the molecule is CCCn1ncnc1CC1Cc2ccccc2C1Br. The molecule has 0 bridgehead atoms. The molecule has 0 fully saturated rings. The molecule has 0 spiro atoms. The molecule has 0 N–H and O–H groups in total. The van der Waals surface area contributed by atoms with Crippen molar-refractivity contribution < 1.29 is 0 Å². The molecule has 2 unspecified atom stereocenters. The van der Waals surface area contributed by atoms with E-state index in [0.717, 1.165) is 31.6 Å². The molecule has 0 radical (unpaired) electrons. The fraction of sp³-hybridized carbons (Fsp3) is 0.467. The fourth-order valence-electron chi connectivity index (χ4n) is 2.88. The molecular weight excluding hydrogens is 302 g/mol. The number of halogens is 1. The van der Waals surface area contributed by atoms with E-state index < -0.39 is 0 Å². The largest absolute Gasteiger partial charge is 0.250 e. The first-order valence-corrected chi connectivity index (χ1v) is 7.79. The monoisotopic (exact) mass is 319 g/mol. The number of aromatic nitrogens is 3. The fourth-order valence-corrected chi connectivity index (χ4v) is 3.70. The van der Waals surface area contributed by atoms with Crippen molar-refractivity contribution in [1.29, 1.82) is 0 Å². The topological polar surface area (TPSA) is 30.7 Å². The molecule has 1 aliphatic rings. The van der Waals surface area contributed by atoms with E-state index in [0.29, 0.717) is 10.7 Å². The van der Waals surface area contributed by atoms with Crippen molar-refractivity contribution in [1.82, 2.24) is 14.8 Å². The average Bonchev–Trinajstić information content (AvgIpc) is 2.98. The van der Waals surface area contributed by atoms with Gasteiger partial charge < -0.3 is 0 Å². The summed E-state index contributed by atoms with van der Waals surface area (Å²) in [5.41, 5.74) is 2.91. The zero-order valence-corrected chi connectivity index (χ0v) is 12.7. The quantitative estimate of drug-likeness (QED) is 0.807. The van der Waals surface area contributed by atoms with Gasteiger partial charge in [-0.3, -0.25) is 4.68 Å². The standard InChI is InChI=1S/C15H18BrN3/c1-2-7-19-14(17-10-18-19)9-12-8-11-5-3-4-6-13(11)15(12)16/h3-6,10,12,15H,2,7-9H2,1H3. The number of hydrogen-bond donors (Lipinski definition) is 0. The van der Waals surface area contributed by atoms with Crippen molar-refractivity contribution >= 4 is 15.9 Å². The molecule has 2 aromatic rings. The van der Waals surface area contributed by atoms with Crippen LogP contribution in [0.1, 0.15) is 35.1 Å². The third-order valence-corrected chi connectivity index (χ3v) is 5.06. The molecule has 0 amide bonds. The number of benzene rings is 1. The van der Waals surface area contributed by atoms with E-state index >= 15 is 0 Å². The van der Waals surface area contributed by atoms with Gasteiger partial charge in [-0.2, -0.15) is 5.10 Å². The van der Waals surface area contributed by atoms with Crippen LogP contribution in [0.5, 0.6) is 0 Å². The van der Waals surface area contributed by atoms with Gasteiger partial charge in [0.2, 0.25) is 0 Å². The molecule has 0 saturated carbocycles. The first-order chi connectivity index (χ1) is 9.29. The number of fused-ring (bicyclic) bond motifs is 1. The van der Waals surface area contributed by atoms with Gasteiger partial charge in [-0.05, 0) is 29.9 Å². The van der Waals surface area contributed by atoms with Gasteiger partial charge in [-0.25, -0.2) is 4.98 Å². The van der Waals surface area contributed by atoms with Gasteiger partial charge in [0, 0.05) is 17.8 Å². The lowest BCUT2D eigenvalue weighted by Crippen LogP contribution is -2.13. The van der Waals surface area contributed by atoms with Gasteiger partial charge in [-0.15, -0.1) is 0 Å². The lowest BCUT2D eigenvalue weighted by molar-refractivity contribution is 0.493. The number of alkyl halides is 1.